The minimum Gasteiger partial charge on any atom is -0.494 e. The third-order valence-electron chi connectivity index (χ3n) is 6.67. The molecule has 3 aromatic carbocycles. The molecule has 0 heterocycles. The Bertz CT molecular complexity index is 1080. The van der Waals surface area contributed by atoms with Gasteiger partial charge in [0.2, 0.25) is 11.7 Å². The summed E-state index contributed by atoms with van der Waals surface area (Å²) >= 11 is 0. The third kappa shape index (κ3) is 5.40. The Kier molecular flexibility index (Phi) is 6.78. The fourth-order valence-electron chi connectivity index (χ4n) is 4.91. The summed E-state index contributed by atoms with van der Waals surface area (Å²) in [6.45, 7) is 1.01. The number of ether oxygens (including phenoxy) is 1. The predicted molar refractivity (Wildman–Crippen MR) is 124 cm³/mol. The Balaban J connectivity index is 1.43. The zero-order chi connectivity index (χ0) is 23.6. The summed E-state index contributed by atoms with van der Waals surface area (Å²) < 4.78 is 59.8. The molecule has 1 saturated carbocycles. The molecule has 1 aliphatic carbocycles. The van der Waals surface area contributed by atoms with E-state index >= 15 is 0 Å². The maximum atomic E-state index is 14.4. The first kappa shape index (κ1) is 23.3. The molecule has 0 bridgehead atoms. The number of methoxy groups -OCH3 is 1. The van der Waals surface area contributed by atoms with Crippen LogP contribution in [0.15, 0.2) is 60.7 Å². The first-order valence-electron chi connectivity index (χ1n) is 11.4. The summed E-state index contributed by atoms with van der Waals surface area (Å²) in [7, 11) is 1.30. The lowest BCUT2D eigenvalue weighted by molar-refractivity contribution is -0.00932. The fraction of sp³-hybridized carbons (Fsp3) is 0.357. The summed E-state index contributed by atoms with van der Waals surface area (Å²) in [6, 6.07) is 18.6. The molecule has 3 aromatic rings. The van der Waals surface area contributed by atoms with Crippen LogP contribution in [0.1, 0.15) is 50.5 Å². The Morgan fingerprint density at radius 1 is 0.758 bits per heavy atom. The molecule has 1 fully saturated rings. The molecule has 0 aromatic heterocycles. The minimum atomic E-state index is -2.58. The van der Waals surface area contributed by atoms with E-state index in [4.69, 9.17) is 4.74 Å². The quantitative estimate of drug-likeness (QED) is 0.337. The highest BCUT2D eigenvalue weighted by Crippen LogP contribution is 2.40. The number of alkyl halides is 2. The van der Waals surface area contributed by atoms with Crippen LogP contribution in [-0.2, 0) is 0 Å². The Labute approximate surface area is 192 Å². The van der Waals surface area contributed by atoms with Crippen LogP contribution >= 0.6 is 0 Å². The molecule has 0 radical (unpaired) electrons. The van der Waals surface area contributed by atoms with Crippen LogP contribution in [0.3, 0.4) is 0 Å². The standard InChI is InChI=1S/C28H28F4O/c1-28(31,32)17-18-3-5-19(6-4-18)20-7-9-21(10-8-20)22-11-13-23(14-12-22)24-15-16-25(33-2)27(30)26(24)29/h7-16,18-19H,3-6,17H2,1-2H3. The number of halogens is 4. The van der Waals surface area contributed by atoms with Crippen molar-refractivity contribution in [2.45, 2.75) is 50.9 Å². The van der Waals surface area contributed by atoms with Crippen molar-refractivity contribution in [2.75, 3.05) is 7.11 Å². The summed E-state index contributed by atoms with van der Waals surface area (Å²) in [4.78, 5) is 0. The lowest BCUT2D eigenvalue weighted by Gasteiger charge is -2.30. The maximum absolute atomic E-state index is 14.4. The normalized spacial score (nSPS) is 18.8. The molecule has 33 heavy (non-hydrogen) atoms. The summed E-state index contributed by atoms with van der Waals surface area (Å²) in [5.74, 6) is -4.10. The van der Waals surface area contributed by atoms with Gasteiger partial charge in [-0.25, -0.2) is 13.2 Å². The Hall–Kier alpha value is -2.82. The zero-order valence-corrected chi connectivity index (χ0v) is 18.9. The zero-order valence-electron chi connectivity index (χ0n) is 18.9. The summed E-state index contributed by atoms with van der Waals surface area (Å²) in [6.07, 6.45) is 3.57. The molecule has 0 saturated heterocycles. The van der Waals surface area contributed by atoms with Crippen molar-refractivity contribution in [3.63, 3.8) is 0 Å². The highest BCUT2D eigenvalue weighted by molar-refractivity contribution is 5.71. The molecule has 0 aliphatic heterocycles. The van der Waals surface area contributed by atoms with Gasteiger partial charge in [-0.1, -0.05) is 48.5 Å². The molecule has 4 rings (SSSR count). The van der Waals surface area contributed by atoms with Gasteiger partial charge in [0.1, 0.15) is 0 Å². The van der Waals surface area contributed by atoms with E-state index in [1.807, 2.05) is 12.1 Å². The molecule has 0 spiro atoms. The van der Waals surface area contributed by atoms with Crippen molar-refractivity contribution in [3.05, 3.63) is 77.9 Å². The van der Waals surface area contributed by atoms with E-state index in [2.05, 4.69) is 24.3 Å². The topological polar surface area (TPSA) is 9.23 Å². The largest absolute Gasteiger partial charge is 0.494 e. The second-order valence-corrected chi connectivity index (χ2v) is 9.13. The van der Waals surface area contributed by atoms with Crippen LogP contribution in [0, 0.1) is 17.6 Å². The molecule has 0 N–H and O–H groups in total. The smallest absolute Gasteiger partial charge is 0.245 e. The summed E-state index contributed by atoms with van der Waals surface area (Å²) in [5, 5.41) is 0. The van der Waals surface area contributed by atoms with Gasteiger partial charge in [-0.3, -0.25) is 0 Å². The fourth-order valence-corrected chi connectivity index (χ4v) is 4.91. The van der Waals surface area contributed by atoms with Crippen molar-refractivity contribution >= 4 is 0 Å². The lowest BCUT2D eigenvalue weighted by atomic mass is 9.76. The van der Waals surface area contributed by atoms with Crippen molar-refractivity contribution in [3.8, 4) is 28.0 Å². The monoisotopic (exact) mass is 456 g/mol. The van der Waals surface area contributed by atoms with Crippen molar-refractivity contribution in [1.82, 2.24) is 0 Å². The van der Waals surface area contributed by atoms with Crippen LogP contribution < -0.4 is 4.74 Å². The highest BCUT2D eigenvalue weighted by Gasteiger charge is 2.30. The highest BCUT2D eigenvalue weighted by atomic mass is 19.3. The van der Waals surface area contributed by atoms with Crippen molar-refractivity contribution in [2.24, 2.45) is 5.92 Å². The van der Waals surface area contributed by atoms with E-state index in [1.165, 1.54) is 24.8 Å². The van der Waals surface area contributed by atoms with E-state index in [0.717, 1.165) is 43.7 Å². The molecule has 174 valence electrons. The second kappa shape index (κ2) is 9.58. The van der Waals surface area contributed by atoms with Crippen LogP contribution in [0.5, 0.6) is 5.75 Å². The molecule has 0 unspecified atom stereocenters. The van der Waals surface area contributed by atoms with Gasteiger partial charge in [0.25, 0.3) is 0 Å². The molecule has 1 nitrogen and oxygen atoms in total. The molecular formula is C28H28F4O. The number of rotatable bonds is 6. The van der Waals surface area contributed by atoms with Gasteiger partial charge in [-0.15, -0.1) is 0 Å². The number of hydrogen-bond donors (Lipinski definition) is 0. The number of hydrogen-bond acceptors (Lipinski definition) is 1. The van der Waals surface area contributed by atoms with E-state index in [9.17, 15) is 17.6 Å². The molecule has 5 heteroatoms. The Morgan fingerprint density at radius 2 is 1.30 bits per heavy atom. The number of benzene rings is 3. The van der Waals surface area contributed by atoms with E-state index in [0.29, 0.717) is 11.5 Å². The second-order valence-electron chi connectivity index (χ2n) is 9.13. The Morgan fingerprint density at radius 3 is 1.85 bits per heavy atom. The van der Waals surface area contributed by atoms with Crippen LogP contribution in [0.4, 0.5) is 17.6 Å². The summed E-state index contributed by atoms with van der Waals surface area (Å²) in [5.41, 5.74) is 4.03. The van der Waals surface area contributed by atoms with Gasteiger partial charge in [-0.2, -0.15) is 4.39 Å². The van der Waals surface area contributed by atoms with Gasteiger partial charge in [0.05, 0.1) is 7.11 Å². The minimum absolute atomic E-state index is 0.0122. The van der Waals surface area contributed by atoms with Gasteiger partial charge >= 0.3 is 0 Å². The van der Waals surface area contributed by atoms with Gasteiger partial charge in [0.15, 0.2) is 11.6 Å². The van der Waals surface area contributed by atoms with E-state index in [-0.39, 0.29) is 23.7 Å². The molecule has 0 amide bonds. The van der Waals surface area contributed by atoms with Crippen LogP contribution in [0.25, 0.3) is 22.3 Å². The average molecular weight is 457 g/mol. The van der Waals surface area contributed by atoms with Crippen LogP contribution in [-0.4, -0.2) is 13.0 Å². The molecule has 1 aliphatic rings. The third-order valence-corrected chi connectivity index (χ3v) is 6.67. The van der Waals surface area contributed by atoms with Crippen molar-refractivity contribution < 1.29 is 22.3 Å². The van der Waals surface area contributed by atoms with Gasteiger partial charge in [0, 0.05) is 12.0 Å². The van der Waals surface area contributed by atoms with Crippen LogP contribution in [0.2, 0.25) is 0 Å². The molecule has 0 atom stereocenters. The average Bonchev–Trinajstić information content (AvgIpc) is 2.81. The van der Waals surface area contributed by atoms with Gasteiger partial charge < -0.3 is 4.74 Å². The first-order valence-corrected chi connectivity index (χ1v) is 11.4. The predicted octanol–water partition coefficient (Wildman–Crippen LogP) is 8.63. The van der Waals surface area contributed by atoms with E-state index in [1.54, 1.807) is 12.1 Å². The first-order chi connectivity index (χ1) is 15.7. The lowest BCUT2D eigenvalue weighted by Crippen LogP contribution is -2.21. The van der Waals surface area contributed by atoms with Crippen molar-refractivity contribution in [1.29, 1.82) is 0 Å². The molecular weight excluding hydrogens is 428 g/mol. The van der Waals surface area contributed by atoms with E-state index < -0.39 is 17.6 Å². The van der Waals surface area contributed by atoms with Gasteiger partial charge in [-0.05, 0) is 78.8 Å². The SMILES string of the molecule is COc1ccc(-c2ccc(-c3ccc(C4CCC(CC(C)(F)F)CC4)cc3)cc2)c(F)c1F. The maximum Gasteiger partial charge on any atom is 0.245 e.